The van der Waals surface area contributed by atoms with E-state index in [0.717, 1.165) is 53.9 Å². The second-order valence-electron chi connectivity index (χ2n) is 14.0. The summed E-state index contributed by atoms with van der Waals surface area (Å²) >= 11 is 0. The molecular weight excluding hydrogens is 516 g/mol. The smallest absolute Gasteiger partial charge is 0.410 e. The fourth-order valence-corrected chi connectivity index (χ4v) is 6.91. The number of hydrogen-bond donors (Lipinski definition) is 0. The summed E-state index contributed by atoms with van der Waals surface area (Å²) in [7, 11) is 0. The molecule has 1 spiro atoms. The Bertz CT molecular complexity index is 1370. The minimum absolute atomic E-state index is 0.106. The Kier molecular flexibility index (Phi) is 6.74. The Balaban J connectivity index is 1.28. The van der Waals surface area contributed by atoms with E-state index in [9.17, 15) is 9.59 Å². The number of hydrogen-bond acceptors (Lipinski definition) is 5. The summed E-state index contributed by atoms with van der Waals surface area (Å²) in [5, 5.41) is 5.28. The van der Waals surface area contributed by atoms with Gasteiger partial charge < -0.3 is 19.3 Å². The minimum atomic E-state index is -0.531. The van der Waals surface area contributed by atoms with Crippen LogP contribution in [-0.2, 0) is 15.1 Å². The first-order chi connectivity index (χ1) is 19.4. The van der Waals surface area contributed by atoms with Crippen molar-refractivity contribution in [3.8, 4) is 17.0 Å². The van der Waals surface area contributed by atoms with Crippen molar-refractivity contribution in [2.24, 2.45) is 5.92 Å². The zero-order chi connectivity index (χ0) is 29.2. The molecule has 2 saturated heterocycles. The molecular formula is C33H44N4O4. The lowest BCUT2D eigenvalue weighted by atomic mass is 9.79. The molecule has 1 saturated carbocycles. The number of benzene rings is 1. The van der Waals surface area contributed by atoms with Crippen molar-refractivity contribution in [1.29, 1.82) is 0 Å². The van der Waals surface area contributed by atoms with Crippen LogP contribution in [0.1, 0.15) is 90.4 Å². The van der Waals surface area contributed by atoms with Crippen molar-refractivity contribution in [2.75, 3.05) is 19.6 Å². The Morgan fingerprint density at radius 1 is 1.07 bits per heavy atom. The van der Waals surface area contributed by atoms with E-state index >= 15 is 0 Å². The van der Waals surface area contributed by atoms with Crippen LogP contribution in [-0.4, -0.2) is 62.4 Å². The average molecular weight is 561 g/mol. The molecule has 0 radical (unpaired) electrons. The van der Waals surface area contributed by atoms with Gasteiger partial charge in [0.2, 0.25) is 5.91 Å². The first-order valence-electron chi connectivity index (χ1n) is 15.2. The third-order valence-corrected chi connectivity index (χ3v) is 9.18. The number of ether oxygens (including phenoxy) is 2. The molecule has 1 aromatic carbocycles. The number of rotatable bonds is 3. The molecule has 4 heterocycles. The van der Waals surface area contributed by atoms with Crippen molar-refractivity contribution < 1.29 is 19.1 Å². The molecule has 4 aliphatic rings. The number of carbonyl (C=O) groups excluding carboxylic acids is 2. The maximum absolute atomic E-state index is 13.0. The van der Waals surface area contributed by atoms with E-state index in [1.165, 1.54) is 12.8 Å². The zero-order valence-corrected chi connectivity index (χ0v) is 25.4. The molecule has 0 N–H and O–H groups in total. The van der Waals surface area contributed by atoms with Crippen molar-refractivity contribution in [1.82, 2.24) is 19.6 Å². The topological polar surface area (TPSA) is 76.9 Å². The molecule has 220 valence electrons. The molecule has 41 heavy (non-hydrogen) atoms. The van der Waals surface area contributed by atoms with E-state index in [1.807, 2.05) is 48.8 Å². The molecule has 8 heteroatoms. The van der Waals surface area contributed by atoms with Gasteiger partial charge in [-0.15, -0.1) is 0 Å². The van der Waals surface area contributed by atoms with Crippen molar-refractivity contribution in [2.45, 2.75) is 103 Å². The standard InChI is InChI=1S/C33H44N4O4/c1-22-28-29(34-37(22)24-15-18-36(32(5,6)21-24)30(39)41-31(2,3)4)25-9-7-8-10-26(25)40-33(28)16-19-35(20-17-33)27(38)14-13-23-11-12-23/h7-10,13-14,23-24H,11-12,15-21H2,1-6H3/b14-13+. The molecule has 2 aromatic rings. The highest BCUT2D eigenvalue weighted by atomic mass is 16.6. The highest BCUT2D eigenvalue weighted by Crippen LogP contribution is 2.51. The summed E-state index contributed by atoms with van der Waals surface area (Å²) in [5.74, 6) is 1.55. The van der Waals surface area contributed by atoms with Crippen LogP contribution in [0.15, 0.2) is 36.4 Å². The summed E-state index contributed by atoms with van der Waals surface area (Å²) < 4.78 is 14.8. The number of aromatic nitrogens is 2. The minimum Gasteiger partial charge on any atom is -0.482 e. The third-order valence-electron chi connectivity index (χ3n) is 9.18. The van der Waals surface area contributed by atoms with E-state index in [0.29, 0.717) is 25.6 Å². The van der Waals surface area contributed by atoms with Crippen LogP contribution in [0.5, 0.6) is 5.75 Å². The van der Waals surface area contributed by atoms with E-state index in [2.05, 4.69) is 37.6 Å². The first-order valence-corrected chi connectivity index (χ1v) is 15.2. The maximum Gasteiger partial charge on any atom is 0.410 e. The Morgan fingerprint density at radius 3 is 2.44 bits per heavy atom. The molecule has 1 aliphatic carbocycles. The molecule has 6 rings (SSSR count). The zero-order valence-electron chi connectivity index (χ0n) is 25.4. The fraction of sp³-hybridized carbons (Fsp3) is 0.606. The van der Waals surface area contributed by atoms with Gasteiger partial charge in [0.15, 0.2) is 0 Å². The van der Waals surface area contributed by atoms with Gasteiger partial charge in [-0.2, -0.15) is 5.10 Å². The molecule has 3 fully saturated rings. The second-order valence-corrected chi connectivity index (χ2v) is 14.0. The summed E-state index contributed by atoms with van der Waals surface area (Å²) in [4.78, 5) is 29.7. The van der Waals surface area contributed by atoms with Crippen LogP contribution < -0.4 is 4.74 Å². The third kappa shape index (κ3) is 5.26. The van der Waals surface area contributed by atoms with Crippen LogP contribution in [0.2, 0.25) is 0 Å². The predicted molar refractivity (Wildman–Crippen MR) is 158 cm³/mol. The predicted octanol–water partition coefficient (Wildman–Crippen LogP) is 6.39. The van der Waals surface area contributed by atoms with Crippen LogP contribution >= 0.6 is 0 Å². The molecule has 8 nitrogen and oxygen atoms in total. The Morgan fingerprint density at radius 2 is 1.78 bits per heavy atom. The maximum atomic E-state index is 13.0. The molecule has 3 aliphatic heterocycles. The van der Waals surface area contributed by atoms with Gasteiger partial charge in [-0.1, -0.05) is 18.2 Å². The van der Waals surface area contributed by atoms with Gasteiger partial charge in [-0.25, -0.2) is 4.79 Å². The lowest BCUT2D eigenvalue weighted by molar-refractivity contribution is -0.129. The highest BCUT2D eigenvalue weighted by molar-refractivity contribution is 5.87. The van der Waals surface area contributed by atoms with E-state index in [-0.39, 0.29) is 23.6 Å². The lowest BCUT2D eigenvalue weighted by Crippen LogP contribution is -2.54. The van der Waals surface area contributed by atoms with Crippen molar-refractivity contribution in [3.05, 3.63) is 47.7 Å². The monoisotopic (exact) mass is 560 g/mol. The summed E-state index contributed by atoms with van der Waals surface area (Å²) in [6, 6.07) is 8.32. The number of allylic oxidation sites excluding steroid dienone is 1. The summed E-state index contributed by atoms with van der Waals surface area (Å²) in [6.07, 6.45) is 9.01. The Labute approximate surface area is 243 Å². The van der Waals surface area contributed by atoms with Crippen LogP contribution in [0.25, 0.3) is 11.3 Å². The van der Waals surface area contributed by atoms with Gasteiger partial charge in [0.25, 0.3) is 0 Å². The van der Waals surface area contributed by atoms with Gasteiger partial charge in [0.05, 0.1) is 6.04 Å². The van der Waals surface area contributed by atoms with Gasteiger partial charge in [-0.3, -0.25) is 9.48 Å². The quantitative estimate of drug-likeness (QED) is 0.407. The van der Waals surface area contributed by atoms with Gasteiger partial charge in [0.1, 0.15) is 22.6 Å². The molecule has 2 amide bonds. The summed E-state index contributed by atoms with van der Waals surface area (Å²) in [5.41, 5.74) is 2.86. The molecule has 0 bridgehead atoms. The largest absolute Gasteiger partial charge is 0.482 e. The van der Waals surface area contributed by atoms with E-state index in [4.69, 9.17) is 14.6 Å². The van der Waals surface area contributed by atoms with E-state index in [1.54, 1.807) is 6.08 Å². The van der Waals surface area contributed by atoms with Gasteiger partial charge in [-0.05, 0) is 91.4 Å². The number of fused-ring (bicyclic) bond motifs is 4. The van der Waals surface area contributed by atoms with Crippen LogP contribution in [0.4, 0.5) is 4.79 Å². The number of likely N-dealkylation sites (tertiary alicyclic amines) is 2. The SMILES string of the molecule is Cc1c2c(nn1C1CCN(C(=O)OC(C)(C)C)C(C)(C)C1)-c1ccccc1OC21CCN(C(=O)/C=C/C2CC2)CC1. The molecule has 1 atom stereocenters. The number of amides is 2. The normalized spacial score (nSPS) is 23.2. The molecule has 1 unspecified atom stereocenters. The molecule has 1 aromatic heterocycles. The van der Waals surface area contributed by atoms with E-state index < -0.39 is 11.2 Å². The number of para-hydroxylation sites is 1. The highest BCUT2D eigenvalue weighted by Gasteiger charge is 2.48. The number of piperidine rings is 2. The first kappa shape index (κ1) is 27.9. The van der Waals surface area contributed by atoms with Crippen molar-refractivity contribution >= 4 is 12.0 Å². The van der Waals surface area contributed by atoms with Gasteiger partial charge >= 0.3 is 6.09 Å². The fourth-order valence-electron chi connectivity index (χ4n) is 6.91. The van der Waals surface area contributed by atoms with Crippen LogP contribution in [0.3, 0.4) is 0 Å². The Hall–Kier alpha value is -3.29. The second kappa shape index (κ2) is 9.92. The number of carbonyl (C=O) groups is 2. The van der Waals surface area contributed by atoms with Gasteiger partial charge in [0, 0.05) is 54.8 Å². The average Bonchev–Trinajstić information content (AvgIpc) is 3.66. The summed E-state index contributed by atoms with van der Waals surface area (Å²) in [6.45, 7) is 14.0. The lowest BCUT2D eigenvalue weighted by Gasteiger charge is -2.46. The number of nitrogens with zero attached hydrogens (tertiary/aromatic N) is 4. The van der Waals surface area contributed by atoms with Crippen molar-refractivity contribution in [3.63, 3.8) is 0 Å². The van der Waals surface area contributed by atoms with Crippen LogP contribution in [0, 0.1) is 12.8 Å².